The lowest BCUT2D eigenvalue weighted by Crippen LogP contribution is -2.60. The minimum atomic E-state index is -1.58. The van der Waals surface area contributed by atoms with E-state index in [1.54, 1.807) is 6.08 Å². The first-order valence-electron chi connectivity index (χ1n) is 39.2. The van der Waals surface area contributed by atoms with Gasteiger partial charge in [0, 0.05) is 12.8 Å². The van der Waals surface area contributed by atoms with Crippen LogP contribution >= 0.6 is 0 Å². The van der Waals surface area contributed by atoms with Gasteiger partial charge in [-0.3, -0.25) is 9.59 Å². The molecule has 7 unspecified atom stereocenters. The van der Waals surface area contributed by atoms with Gasteiger partial charge in [-0.1, -0.05) is 317 Å². The summed E-state index contributed by atoms with van der Waals surface area (Å²) in [6.45, 7) is 4.12. The van der Waals surface area contributed by atoms with E-state index in [-0.39, 0.29) is 18.5 Å². The molecule has 0 saturated carbocycles. The van der Waals surface area contributed by atoms with Crippen LogP contribution in [0.25, 0.3) is 0 Å². The van der Waals surface area contributed by atoms with Gasteiger partial charge in [-0.25, -0.2) is 0 Å². The first kappa shape index (κ1) is 87.1. The zero-order valence-electron chi connectivity index (χ0n) is 59.8. The standard InChI is InChI=1S/C81H147NO10/c1-3-5-7-9-11-13-14-15-16-17-40-43-46-49-53-57-61-65-69-77(86)90-70-66-62-58-54-50-47-44-41-38-36-34-32-30-28-26-24-22-20-18-19-21-23-25-27-29-31-33-35-37-39-42-45-48-52-56-60-64-68-76(85)82-73(74(84)67-63-59-55-51-12-10-8-6-4-2)72-91-81-80(89)79(88)78(87)75(71-83)92-81/h4,6,12,16-18,20,24,26,51,63,67,73-75,78-81,83-84,87-89H,3,5,7-11,13-15,19,21-23,25,27-50,52-62,64-66,68-72H2,1-2H3,(H,82,85)/b6-4+,17-16-,20-18-,26-24-,51-12+,67-63+. The van der Waals surface area contributed by atoms with Crippen LogP contribution in [0.1, 0.15) is 367 Å². The molecule has 1 amide bonds. The van der Waals surface area contributed by atoms with E-state index in [0.717, 1.165) is 70.6 Å². The van der Waals surface area contributed by atoms with Gasteiger partial charge in [0.05, 0.1) is 32.0 Å². The van der Waals surface area contributed by atoms with Gasteiger partial charge in [0.1, 0.15) is 24.4 Å². The number of aliphatic hydroxyl groups excluding tert-OH is 5. The molecule has 1 heterocycles. The van der Waals surface area contributed by atoms with Gasteiger partial charge in [-0.15, -0.1) is 0 Å². The van der Waals surface area contributed by atoms with Crippen molar-refractivity contribution in [2.75, 3.05) is 19.8 Å². The number of carbonyl (C=O) groups excluding carboxylic acids is 2. The second-order valence-electron chi connectivity index (χ2n) is 27.0. The van der Waals surface area contributed by atoms with Crippen molar-refractivity contribution in [3.63, 3.8) is 0 Å². The summed E-state index contributed by atoms with van der Waals surface area (Å²) in [5.41, 5.74) is 0. The van der Waals surface area contributed by atoms with E-state index < -0.39 is 49.5 Å². The third-order valence-electron chi connectivity index (χ3n) is 18.3. The van der Waals surface area contributed by atoms with E-state index in [1.807, 2.05) is 19.1 Å². The smallest absolute Gasteiger partial charge is 0.305 e. The molecule has 1 saturated heterocycles. The van der Waals surface area contributed by atoms with Crippen molar-refractivity contribution in [2.45, 2.75) is 410 Å². The molecule has 1 aliphatic rings. The molecule has 1 aliphatic heterocycles. The Bertz CT molecular complexity index is 1760. The third kappa shape index (κ3) is 57.4. The minimum Gasteiger partial charge on any atom is -0.466 e. The fourth-order valence-corrected chi connectivity index (χ4v) is 12.2. The molecule has 6 N–H and O–H groups in total. The number of unbranched alkanes of at least 4 members (excludes halogenated alkanes) is 46. The second-order valence-corrected chi connectivity index (χ2v) is 27.0. The molecule has 11 heteroatoms. The number of amides is 1. The van der Waals surface area contributed by atoms with E-state index in [1.165, 1.54) is 270 Å². The van der Waals surface area contributed by atoms with Crippen LogP contribution in [0.2, 0.25) is 0 Å². The van der Waals surface area contributed by atoms with Crippen molar-refractivity contribution >= 4 is 11.9 Å². The molecule has 0 aromatic carbocycles. The average Bonchev–Trinajstić information content (AvgIpc) is 1.01. The van der Waals surface area contributed by atoms with Crippen molar-refractivity contribution in [1.82, 2.24) is 5.32 Å². The lowest BCUT2D eigenvalue weighted by atomic mass is 9.99. The summed E-state index contributed by atoms with van der Waals surface area (Å²) in [6, 6.07) is -0.832. The van der Waals surface area contributed by atoms with Crippen molar-refractivity contribution in [2.24, 2.45) is 0 Å². The Morgan fingerprint density at radius 2 is 0.783 bits per heavy atom. The van der Waals surface area contributed by atoms with Gasteiger partial charge >= 0.3 is 5.97 Å². The summed E-state index contributed by atoms with van der Waals surface area (Å²) in [7, 11) is 0. The maximum absolute atomic E-state index is 13.0. The Morgan fingerprint density at radius 3 is 1.21 bits per heavy atom. The van der Waals surface area contributed by atoms with Crippen LogP contribution in [0.5, 0.6) is 0 Å². The highest BCUT2D eigenvalue weighted by atomic mass is 16.7. The summed E-state index contributed by atoms with van der Waals surface area (Å²) in [4.78, 5) is 25.1. The molecule has 0 bridgehead atoms. The number of ether oxygens (including phenoxy) is 3. The second kappa shape index (κ2) is 69.5. The third-order valence-corrected chi connectivity index (χ3v) is 18.3. The van der Waals surface area contributed by atoms with Crippen LogP contribution in [0, 0.1) is 0 Å². The van der Waals surface area contributed by atoms with Gasteiger partial charge < -0.3 is 45.1 Å². The van der Waals surface area contributed by atoms with Gasteiger partial charge in [0.2, 0.25) is 5.91 Å². The van der Waals surface area contributed by atoms with Gasteiger partial charge in [-0.05, 0) is 110 Å². The first-order chi connectivity index (χ1) is 45.2. The maximum atomic E-state index is 13.0. The van der Waals surface area contributed by atoms with E-state index in [0.29, 0.717) is 19.4 Å². The molecule has 92 heavy (non-hydrogen) atoms. The highest BCUT2D eigenvalue weighted by molar-refractivity contribution is 5.76. The normalized spacial score (nSPS) is 17.9. The molecule has 7 atom stereocenters. The molecule has 0 radical (unpaired) electrons. The first-order valence-corrected chi connectivity index (χ1v) is 39.2. The fraction of sp³-hybridized carbons (Fsp3) is 0.827. The highest BCUT2D eigenvalue weighted by Crippen LogP contribution is 2.23. The van der Waals surface area contributed by atoms with Crippen molar-refractivity contribution < 1.29 is 49.3 Å². The zero-order chi connectivity index (χ0) is 66.5. The minimum absolute atomic E-state index is 0.00935. The van der Waals surface area contributed by atoms with E-state index in [2.05, 4.69) is 66.9 Å². The van der Waals surface area contributed by atoms with E-state index >= 15 is 0 Å². The summed E-state index contributed by atoms with van der Waals surface area (Å²) < 4.78 is 16.7. The van der Waals surface area contributed by atoms with Crippen LogP contribution in [-0.4, -0.2) is 100 Å². The summed E-state index contributed by atoms with van der Waals surface area (Å²) >= 11 is 0. The number of allylic oxidation sites excluding steroid dienone is 11. The summed E-state index contributed by atoms with van der Waals surface area (Å²) in [6.07, 6.45) is 85.5. The Morgan fingerprint density at radius 1 is 0.424 bits per heavy atom. The van der Waals surface area contributed by atoms with E-state index in [4.69, 9.17) is 14.2 Å². The fourth-order valence-electron chi connectivity index (χ4n) is 12.2. The monoisotopic (exact) mass is 1290 g/mol. The van der Waals surface area contributed by atoms with Gasteiger partial charge in [0.15, 0.2) is 6.29 Å². The Labute approximate surface area is 566 Å². The Kier molecular flexibility index (Phi) is 65.8. The summed E-state index contributed by atoms with van der Waals surface area (Å²) in [5.74, 6) is -0.187. The Hall–Kier alpha value is -2.90. The molecule has 0 aromatic heterocycles. The topological polar surface area (TPSA) is 175 Å². The highest BCUT2D eigenvalue weighted by Gasteiger charge is 2.44. The average molecular weight is 1300 g/mol. The molecule has 0 aromatic rings. The predicted octanol–water partition coefficient (Wildman–Crippen LogP) is 21.0. The number of hydrogen-bond acceptors (Lipinski definition) is 10. The number of hydrogen-bond donors (Lipinski definition) is 6. The lowest BCUT2D eigenvalue weighted by molar-refractivity contribution is -0.302. The van der Waals surface area contributed by atoms with Crippen LogP contribution in [0.15, 0.2) is 72.9 Å². The molecular weight excluding hydrogens is 1150 g/mol. The van der Waals surface area contributed by atoms with Crippen LogP contribution in [0.4, 0.5) is 0 Å². The van der Waals surface area contributed by atoms with Crippen LogP contribution in [0.3, 0.4) is 0 Å². The van der Waals surface area contributed by atoms with Crippen molar-refractivity contribution in [3.05, 3.63) is 72.9 Å². The van der Waals surface area contributed by atoms with Crippen molar-refractivity contribution in [1.29, 1.82) is 0 Å². The lowest BCUT2D eigenvalue weighted by Gasteiger charge is -2.40. The number of nitrogens with one attached hydrogen (secondary N) is 1. The SMILES string of the molecule is C/C=C/CC/C=C/CC/C=C/C(O)C(COC1OC(CO)C(O)C(O)C1O)NC(=O)CCCCCCCCCCCCCCCCCCC/C=C\C/C=C\CCCCCCCCCCCCCCCOC(=O)CCCCCCCCC/C=C\CCCCCCCCC. The zero-order valence-corrected chi connectivity index (χ0v) is 59.8. The number of esters is 1. The molecule has 0 aliphatic carbocycles. The Balaban J connectivity index is 1.87. The number of rotatable bonds is 69. The molecule has 1 rings (SSSR count). The van der Waals surface area contributed by atoms with Crippen molar-refractivity contribution in [3.8, 4) is 0 Å². The van der Waals surface area contributed by atoms with E-state index in [9.17, 15) is 35.1 Å². The molecule has 0 spiro atoms. The molecule has 536 valence electrons. The van der Waals surface area contributed by atoms with Gasteiger partial charge in [-0.2, -0.15) is 0 Å². The predicted molar refractivity (Wildman–Crippen MR) is 389 cm³/mol. The molecule has 11 nitrogen and oxygen atoms in total. The largest absolute Gasteiger partial charge is 0.466 e. The molecular formula is C81H147NO10. The van der Waals surface area contributed by atoms with Crippen LogP contribution in [-0.2, 0) is 23.8 Å². The van der Waals surface area contributed by atoms with Crippen LogP contribution < -0.4 is 5.32 Å². The summed E-state index contributed by atoms with van der Waals surface area (Å²) in [5, 5.41) is 54.3. The maximum Gasteiger partial charge on any atom is 0.305 e. The quantitative estimate of drug-likeness (QED) is 0.0195. The number of carbonyl (C=O) groups is 2. The van der Waals surface area contributed by atoms with Gasteiger partial charge in [0.25, 0.3) is 0 Å². The number of aliphatic hydroxyl groups is 5. The molecule has 1 fully saturated rings.